The van der Waals surface area contributed by atoms with Crippen molar-refractivity contribution in [2.75, 3.05) is 4.90 Å². The van der Waals surface area contributed by atoms with Crippen LogP contribution in [0.25, 0.3) is 0 Å². The number of benzene rings is 2. The molecule has 2 aromatic rings. The van der Waals surface area contributed by atoms with Crippen LogP contribution in [0.2, 0.25) is 0 Å². The van der Waals surface area contributed by atoms with Crippen molar-refractivity contribution in [3.63, 3.8) is 0 Å². The van der Waals surface area contributed by atoms with Crippen LogP contribution in [0, 0.1) is 17.7 Å². The summed E-state index contributed by atoms with van der Waals surface area (Å²) in [6.07, 6.45) is -0.0322. The molecule has 0 aromatic heterocycles. The summed E-state index contributed by atoms with van der Waals surface area (Å²) in [6, 6.07) is 6.81. The highest BCUT2D eigenvalue weighted by molar-refractivity contribution is 6.24. The second kappa shape index (κ2) is 7.36. The van der Waals surface area contributed by atoms with Crippen molar-refractivity contribution >= 4 is 29.5 Å². The van der Waals surface area contributed by atoms with Crippen LogP contribution in [0.15, 0.2) is 65.8 Å². The number of amides is 2. The van der Waals surface area contributed by atoms with Gasteiger partial charge in [0.05, 0.1) is 29.1 Å². The van der Waals surface area contributed by atoms with E-state index >= 15 is 0 Å². The van der Waals surface area contributed by atoms with Gasteiger partial charge in [-0.05, 0) is 48.5 Å². The van der Waals surface area contributed by atoms with Gasteiger partial charge >= 0.3 is 6.18 Å². The van der Waals surface area contributed by atoms with Crippen molar-refractivity contribution in [3.05, 3.63) is 77.6 Å². The van der Waals surface area contributed by atoms with Crippen LogP contribution in [0.4, 0.5) is 23.2 Å². The number of ketones is 1. The van der Waals surface area contributed by atoms with E-state index in [9.17, 15) is 31.9 Å². The van der Waals surface area contributed by atoms with Crippen LogP contribution < -0.4 is 4.90 Å². The summed E-state index contributed by atoms with van der Waals surface area (Å²) in [4.78, 5) is 40.8. The lowest BCUT2D eigenvalue weighted by molar-refractivity contribution is -0.137. The van der Waals surface area contributed by atoms with Gasteiger partial charge in [-0.15, -0.1) is 0 Å². The van der Waals surface area contributed by atoms with Gasteiger partial charge in [-0.2, -0.15) is 18.3 Å². The quantitative estimate of drug-likeness (QED) is 0.402. The summed E-state index contributed by atoms with van der Waals surface area (Å²) in [5, 5.41) is 5.56. The van der Waals surface area contributed by atoms with Gasteiger partial charge < -0.3 is 0 Å². The molecule has 2 amide bonds. The predicted octanol–water partition coefficient (Wildman–Crippen LogP) is 3.44. The minimum absolute atomic E-state index is 0.128. The molecule has 2 aromatic carbocycles. The lowest BCUT2D eigenvalue weighted by Gasteiger charge is -2.30. The molecule has 4 atom stereocenters. The first-order chi connectivity index (χ1) is 15.7. The third-order valence-electron chi connectivity index (χ3n) is 6.12. The maximum atomic E-state index is 13.4. The Morgan fingerprint density at radius 2 is 1.67 bits per heavy atom. The number of carbonyl (C=O) groups excluding carboxylic acids is 3. The Morgan fingerprint density at radius 1 is 0.970 bits per heavy atom. The van der Waals surface area contributed by atoms with E-state index in [1.165, 1.54) is 29.4 Å². The lowest BCUT2D eigenvalue weighted by atomic mass is 9.86. The van der Waals surface area contributed by atoms with Gasteiger partial charge in [0.15, 0.2) is 5.78 Å². The fraction of sp³-hybridized carbons (Fsp3) is 0.217. The Bertz CT molecular complexity index is 1220. The monoisotopic (exact) mass is 457 g/mol. The van der Waals surface area contributed by atoms with Crippen molar-refractivity contribution in [2.24, 2.45) is 16.9 Å². The zero-order chi connectivity index (χ0) is 23.5. The highest BCUT2D eigenvalue weighted by Gasteiger charge is 2.64. The van der Waals surface area contributed by atoms with Crippen LogP contribution in [-0.2, 0) is 15.8 Å². The molecule has 3 heterocycles. The number of hydrogen-bond donors (Lipinski definition) is 0. The first-order valence-corrected chi connectivity index (χ1v) is 10.0. The molecule has 2 saturated heterocycles. The zero-order valence-corrected chi connectivity index (χ0v) is 16.7. The lowest BCUT2D eigenvalue weighted by Crippen LogP contribution is -2.46. The maximum absolute atomic E-state index is 13.4. The molecule has 3 aliphatic heterocycles. The van der Waals surface area contributed by atoms with Crippen molar-refractivity contribution < 1.29 is 31.9 Å². The SMILES string of the molecule is O=C(c1ccc(F)cc1)C1C2C(=O)N(c3cccc(C(F)(F)F)c3)C(=O)C2C2C=CC=NN21. The number of nitrogens with zero attached hydrogens (tertiary/aromatic N) is 3. The molecule has 0 spiro atoms. The summed E-state index contributed by atoms with van der Waals surface area (Å²) in [5.41, 5.74) is -1.08. The molecular weight excluding hydrogens is 442 g/mol. The zero-order valence-electron chi connectivity index (χ0n) is 16.7. The van der Waals surface area contributed by atoms with E-state index < -0.39 is 59.1 Å². The second-order valence-electron chi connectivity index (χ2n) is 7.95. The summed E-state index contributed by atoms with van der Waals surface area (Å²) in [6.45, 7) is 0. The van der Waals surface area contributed by atoms with E-state index in [1.54, 1.807) is 12.2 Å². The van der Waals surface area contributed by atoms with E-state index in [4.69, 9.17) is 0 Å². The first kappa shape index (κ1) is 21.0. The van der Waals surface area contributed by atoms with Gasteiger partial charge in [-0.1, -0.05) is 12.1 Å². The first-order valence-electron chi connectivity index (χ1n) is 10.0. The molecule has 4 unspecified atom stereocenters. The van der Waals surface area contributed by atoms with Crippen LogP contribution in [-0.4, -0.2) is 40.9 Å². The number of alkyl halides is 3. The van der Waals surface area contributed by atoms with Gasteiger partial charge in [0.1, 0.15) is 11.9 Å². The summed E-state index contributed by atoms with van der Waals surface area (Å²) in [5.74, 6) is -4.72. The number of allylic oxidation sites excluding steroid dienone is 1. The Kier molecular flexibility index (Phi) is 4.70. The molecular formula is C23H15F4N3O3. The van der Waals surface area contributed by atoms with Crippen LogP contribution in [0.1, 0.15) is 15.9 Å². The fourth-order valence-corrected chi connectivity index (χ4v) is 4.70. The Hall–Kier alpha value is -3.82. The highest BCUT2D eigenvalue weighted by Crippen LogP contribution is 2.46. The number of imide groups is 1. The standard InChI is InChI=1S/C23H15F4N3O3/c24-14-8-6-12(7-9-14)20(31)19-18-17(16-5-2-10-28-30(16)19)21(32)29(22(18)33)15-4-1-3-13(11-15)23(25,26)27/h1-11,16-19H. The molecule has 2 fully saturated rings. The van der Waals surface area contributed by atoms with E-state index in [0.29, 0.717) is 0 Å². The molecule has 3 aliphatic rings. The minimum Gasteiger partial charge on any atom is -0.292 e. The number of fused-ring (bicyclic) bond motifs is 3. The average molecular weight is 457 g/mol. The summed E-state index contributed by atoms with van der Waals surface area (Å²) >= 11 is 0. The molecule has 168 valence electrons. The molecule has 0 radical (unpaired) electrons. The number of anilines is 1. The van der Waals surface area contributed by atoms with E-state index in [0.717, 1.165) is 35.2 Å². The summed E-state index contributed by atoms with van der Waals surface area (Å²) < 4.78 is 52.9. The van der Waals surface area contributed by atoms with E-state index in [2.05, 4.69) is 5.10 Å². The van der Waals surface area contributed by atoms with Crippen molar-refractivity contribution in [1.82, 2.24) is 5.01 Å². The number of Topliss-reactive ketones (excluding diaryl/α,β-unsaturated/α-hetero) is 1. The predicted molar refractivity (Wildman–Crippen MR) is 109 cm³/mol. The van der Waals surface area contributed by atoms with E-state index in [1.807, 2.05) is 0 Å². The Morgan fingerprint density at radius 3 is 2.36 bits per heavy atom. The maximum Gasteiger partial charge on any atom is 0.416 e. The number of rotatable bonds is 3. The molecule has 0 saturated carbocycles. The fourth-order valence-electron chi connectivity index (χ4n) is 4.70. The third kappa shape index (κ3) is 3.24. The highest BCUT2D eigenvalue weighted by atomic mass is 19.4. The topological polar surface area (TPSA) is 70.0 Å². The van der Waals surface area contributed by atoms with Crippen molar-refractivity contribution in [3.8, 4) is 0 Å². The Balaban J connectivity index is 1.57. The molecule has 6 nitrogen and oxygen atoms in total. The molecule has 10 heteroatoms. The molecule has 0 N–H and O–H groups in total. The normalized spacial score (nSPS) is 26.1. The average Bonchev–Trinajstić information content (AvgIpc) is 3.26. The number of carbonyl (C=O) groups is 3. The van der Waals surface area contributed by atoms with Crippen molar-refractivity contribution in [1.29, 1.82) is 0 Å². The summed E-state index contributed by atoms with van der Waals surface area (Å²) in [7, 11) is 0. The Labute approximate surface area is 184 Å². The van der Waals surface area contributed by atoms with Gasteiger partial charge in [-0.3, -0.25) is 19.4 Å². The number of hydrogen-bond acceptors (Lipinski definition) is 5. The molecule has 0 aliphatic carbocycles. The smallest absolute Gasteiger partial charge is 0.292 e. The van der Waals surface area contributed by atoms with Crippen LogP contribution in [0.5, 0.6) is 0 Å². The minimum atomic E-state index is -4.66. The van der Waals surface area contributed by atoms with Crippen LogP contribution in [0.3, 0.4) is 0 Å². The molecule has 5 rings (SSSR count). The van der Waals surface area contributed by atoms with Crippen LogP contribution >= 0.6 is 0 Å². The second-order valence-corrected chi connectivity index (χ2v) is 7.95. The van der Waals surface area contributed by atoms with Gasteiger partial charge in [0.2, 0.25) is 11.8 Å². The molecule has 0 bridgehead atoms. The van der Waals surface area contributed by atoms with E-state index in [-0.39, 0.29) is 11.3 Å². The molecule has 33 heavy (non-hydrogen) atoms. The van der Waals surface area contributed by atoms with Gasteiger partial charge in [0, 0.05) is 11.8 Å². The number of halogens is 4. The van der Waals surface area contributed by atoms with Gasteiger partial charge in [0.25, 0.3) is 0 Å². The largest absolute Gasteiger partial charge is 0.416 e. The van der Waals surface area contributed by atoms with Crippen molar-refractivity contribution in [2.45, 2.75) is 18.3 Å². The van der Waals surface area contributed by atoms with Gasteiger partial charge in [-0.25, -0.2) is 9.29 Å². The third-order valence-corrected chi connectivity index (χ3v) is 6.12. The number of hydrazone groups is 1.